The van der Waals surface area contributed by atoms with Gasteiger partial charge in [0, 0.05) is 25.5 Å². The van der Waals surface area contributed by atoms with Crippen LogP contribution in [0.1, 0.15) is 22.8 Å². The zero-order chi connectivity index (χ0) is 16.8. The Balaban J connectivity index is 1.48. The second-order valence-corrected chi connectivity index (χ2v) is 6.14. The summed E-state index contributed by atoms with van der Waals surface area (Å²) in [6, 6.07) is 12.2. The van der Waals surface area contributed by atoms with Gasteiger partial charge in [0.15, 0.2) is 0 Å². The van der Waals surface area contributed by atoms with Gasteiger partial charge in [-0.25, -0.2) is 0 Å². The molecule has 1 aromatic carbocycles. The van der Waals surface area contributed by atoms with Crippen molar-refractivity contribution in [2.45, 2.75) is 19.1 Å². The minimum absolute atomic E-state index is 0.0122. The first kappa shape index (κ1) is 16.6. The number of aromatic nitrogens is 1. The lowest BCUT2D eigenvalue weighted by Crippen LogP contribution is -2.38. The molecule has 126 valence electrons. The number of ether oxygens (including phenoxy) is 1. The van der Waals surface area contributed by atoms with E-state index in [1.165, 1.54) is 11.1 Å². The summed E-state index contributed by atoms with van der Waals surface area (Å²) in [4.78, 5) is 18.2. The van der Waals surface area contributed by atoms with Crippen molar-refractivity contribution < 1.29 is 9.53 Å². The Kier molecular flexibility index (Phi) is 5.56. The summed E-state index contributed by atoms with van der Waals surface area (Å²) in [5.74, 6) is 0.0122. The maximum Gasteiger partial charge on any atom is 0.234 e. The van der Waals surface area contributed by atoms with Crippen LogP contribution in [0.2, 0.25) is 0 Å². The molecule has 0 radical (unpaired) electrons. The average Bonchev–Trinajstić information content (AvgIpc) is 2.60. The van der Waals surface area contributed by atoms with Crippen LogP contribution in [-0.2, 0) is 22.5 Å². The van der Waals surface area contributed by atoms with E-state index in [0.717, 1.165) is 18.5 Å². The van der Waals surface area contributed by atoms with E-state index in [2.05, 4.69) is 22.4 Å². The third kappa shape index (κ3) is 4.40. The van der Waals surface area contributed by atoms with Crippen LogP contribution in [0.3, 0.4) is 0 Å². The van der Waals surface area contributed by atoms with Crippen molar-refractivity contribution in [1.82, 2.24) is 15.2 Å². The van der Waals surface area contributed by atoms with Gasteiger partial charge in [0.1, 0.15) is 6.10 Å². The molecule has 0 saturated carbocycles. The summed E-state index contributed by atoms with van der Waals surface area (Å²) in [5.41, 5.74) is 3.65. The minimum Gasteiger partial charge on any atom is -0.371 e. The number of amides is 1. The van der Waals surface area contributed by atoms with Gasteiger partial charge in [-0.2, -0.15) is 0 Å². The van der Waals surface area contributed by atoms with Crippen LogP contribution in [0, 0.1) is 0 Å². The number of nitrogens with zero attached hydrogens (tertiary/aromatic N) is 2. The molecule has 1 aliphatic heterocycles. The van der Waals surface area contributed by atoms with Gasteiger partial charge in [0.25, 0.3) is 0 Å². The molecule has 24 heavy (non-hydrogen) atoms. The highest BCUT2D eigenvalue weighted by Gasteiger charge is 2.21. The number of carbonyl (C=O) groups is 1. The molecule has 0 aliphatic carbocycles. The van der Waals surface area contributed by atoms with Crippen LogP contribution in [0.25, 0.3) is 0 Å². The summed E-state index contributed by atoms with van der Waals surface area (Å²) < 4.78 is 5.82. The molecule has 0 spiro atoms. The first-order valence-corrected chi connectivity index (χ1v) is 8.26. The topological polar surface area (TPSA) is 54.5 Å². The first-order valence-electron chi connectivity index (χ1n) is 8.26. The number of likely N-dealkylation sites (N-methyl/N-ethyl adjacent to an activating group) is 1. The van der Waals surface area contributed by atoms with Crippen LogP contribution in [0.15, 0.2) is 48.8 Å². The van der Waals surface area contributed by atoms with Crippen molar-refractivity contribution in [3.63, 3.8) is 0 Å². The summed E-state index contributed by atoms with van der Waals surface area (Å²) in [7, 11) is 1.94. The molecule has 0 saturated heterocycles. The van der Waals surface area contributed by atoms with Gasteiger partial charge in [0.2, 0.25) is 5.91 Å². The van der Waals surface area contributed by atoms with Crippen molar-refractivity contribution in [2.24, 2.45) is 0 Å². The fraction of sp³-hybridized carbons (Fsp3) is 0.368. The predicted molar refractivity (Wildman–Crippen MR) is 92.4 cm³/mol. The van der Waals surface area contributed by atoms with E-state index in [-0.39, 0.29) is 12.0 Å². The van der Waals surface area contributed by atoms with Crippen LogP contribution in [-0.4, -0.2) is 42.5 Å². The Bertz CT molecular complexity index is 675. The number of hydrogen-bond donors (Lipinski definition) is 1. The highest BCUT2D eigenvalue weighted by atomic mass is 16.5. The molecule has 0 fully saturated rings. The fourth-order valence-electron chi connectivity index (χ4n) is 3.01. The quantitative estimate of drug-likeness (QED) is 0.882. The number of hydrogen-bond acceptors (Lipinski definition) is 4. The van der Waals surface area contributed by atoms with Crippen LogP contribution < -0.4 is 5.32 Å². The zero-order valence-electron chi connectivity index (χ0n) is 13.9. The standard InChI is InChI=1S/C19H23N3O2/c1-22(13-15-6-9-20-10-7-15)14-19(23)21-12-18-17-5-3-2-4-16(17)8-11-24-18/h2-7,9-10,18H,8,11-14H2,1H3,(H,21,23)/t18-/m1/s1. The van der Waals surface area contributed by atoms with Crippen LogP contribution in [0.4, 0.5) is 0 Å². The SMILES string of the molecule is CN(CC(=O)NC[C@H]1OCCc2ccccc21)Cc1ccncc1. The molecule has 3 rings (SSSR count). The molecule has 1 N–H and O–H groups in total. The Morgan fingerprint density at radius 3 is 2.92 bits per heavy atom. The van der Waals surface area contributed by atoms with Crippen molar-refractivity contribution in [3.8, 4) is 0 Å². The van der Waals surface area contributed by atoms with E-state index in [9.17, 15) is 4.79 Å². The van der Waals surface area contributed by atoms with Crippen molar-refractivity contribution >= 4 is 5.91 Å². The molecule has 0 bridgehead atoms. The van der Waals surface area contributed by atoms with E-state index in [4.69, 9.17) is 4.74 Å². The van der Waals surface area contributed by atoms with Gasteiger partial charge in [0.05, 0.1) is 13.2 Å². The van der Waals surface area contributed by atoms with E-state index in [0.29, 0.717) is 19.7 Å². The number of benzene rings is 1. The Morgan fingerprint density at radius 1 is 1.29 bits per heavy atom. The van der Waals surface area contributed by atoms with E-state index < -0.39 is 0 Å². The molecule has 1 aromatic heterocycles. The van der Waals surface area contributed by atoms with Crippen molar-refractivity contribution in [2.75, 3.05) is 26.7 Å². The van der Waals surface area contributed by atoms with E-state index in [1.807, 2.05) is 36.2 Å². The Labute approximate surface area is 142 Å². The predicted octanol–water partition coefficient (Wildman–Crippen LogP) is 1.94. The smallest absolute Gasteiger partial charge is 0.234 e. The number of nitrogens with one attached hydrogen (secondary N) is 1. The number of carbonyl (C=O) groups excluding carboxylic acids is 1. The average molecular weight is 325 g/mol. The second kappa shape index (κ2) is 8.04. The lowest BCUT2D eigenvalue weighted by molar-refractivity contribution is -0.122. The number of fused-ring (bicyclic) bond motifs is 1. The largest absolute Gasteiger partial charge is 0.371 e. The van der Waals surface area contributed by atoms with Crippen molar-refractivity contribution in [1.29, 1.82) is 0 Å². The third-order valence-corrected chi connectivity index (χ3v) is 4.19. The molecule has 5 heteroatoms. The molecule has 2 aromatic rings. The lowest BCUT2D eigenvalue weighted by atomic mass is 9.97. The highest BCUT2D eigenvalue weighted by molar-refractivity contribution is 5.78. The highest BCUT2D eigenvalue weighted by Crippen LogP contribution is 2.26. The first-order chi connectivity index (χ1) is 11.7. The Hall–Kier alpha value is -2.24. The van der Waals surface area contributed by atoms with Gasteiger partial charge in [-0.3, -0.25) is 14.7 Å². The summed E-state index contributed by atoms with van der Waals surface area (Å²) >= 11 is 0. The van der Waals surface area contributed by atoms with Gasteiger partial charge < -0.3 is 10.1 Å². The molecule has 1 amide bonds. The Morgan fingerprint density at radius 2 is 2.08 bits per heavy atom. The van der Waals surface area contributed by atoms with Crippen molar-refractivity contribution in [3.05, 3.63) is 65.5 Å². The van der Waals surface area contributed by atoms with Gasteiger partial charge in [-0.05, 0) is 42.3 Å². The lowest BCUT2D eigenvalue weighted by Gasteiger charge is -2.26. The van der Waals surface area contributed by atoms with Crippen LogP contribution in [0.5, 0.6) is 0 Å². The van der Waals surface area contributed by atoms with Gasteiger partial charge in [-0.1, -0.05) is 24.3 Å². The molecule has 0 unspecified atom stereocenters. The number of pyridine rings is 1. The molecule has 1 aliphatic rings. The minimum atomic E-state index is -0.0515. The van der Waals surface area contributed by atoms with Gasteiger partial charge in [-0.15, -0.1) is 0 Å². The monoisotopic (exact) mass is 325 g/mol. The summed E-state index contributed by atoms with van der Waals surface area (Å²) in [6.07, 6.45) is 4.42. The summed E-state index contributed by atoms with van der Waals surface area (Å²) in [6.45, 7) is 2.30. The molecular formula is C19H23N3O2. The molecule has 5 nitrogen and oxygen atoms in total. The molecule has 2 heterocycles. The molecular weight excluding hydrogens is 302 g/mol. The van der Waals surface area contributed by atoms with Gasteiger partial charge >= 0.3 is 0 Å². The maximum atomic E-state index is 12.2. The second-order valence-electron chi connectivity index (χ2n) is 6.14. The number of rotatable bonds is 6. The van der Waals surface area contributed by atoms with Crippen LogP contribution >= 0.6 is 0 Å². The molecule has 1 atom stereocenters. The normalized spacial score (nSPS) is 16.7. The zero-order valence-corrected chi connectivity index (χ0v) is 13.9. The fourth-order valence-corrected chi connectivity index (χ4v) is 3.01. The van der Waals surface area contributed by atoms with E-state index >= 15 is 0 Å². The maximum absolute atomic E-state index is 12.2. The van der Waals surface area contributed by atoms with E-state index in [1.54, 1.807) is 12.4 Å². The third-order valence-electron chi connectivity index (χ3n) is 4.19. The summed E-state index contributed by atoms with van der Waals surface area (Å²) in [5, 5.41) is 2.99.